The maximum atomic E-state index is 12.1. The third-order valence-electron chi connectivity index (χ3n) is 4.41. The Bertz CT molecular complexity index is 1070. The van der Waals surface area contributed by atoms with Gasteiger partial charge in [0.05, 0.1) is 16.3 Å². The Morgan fingerprint density at radius 3 is 2.29 bits per heavy atom. The van der Waals surface area contributed by atoms with Crippen LogP contribution in [0.15, 0.2) is 84.0 Å². The number of halogens is 1. The van der Waals surface area contributed by atoms with E-state index in [1.807, 2.05) is 49.4 Å². The fourth-order valence-corrected chi connectivity index (χ4v) is 3.02. The number of hydrogen-bond donors (Lipinski definition) is 2. The minimum absolute atomic E-state index is 0.231. The Labute approximate surface area is 185 Å². The Morgan fingerprint density at radius 2 is 1.61 bits per heavy atom. The number of rotatable bonds is 7. The van der Waals surface area contributed by atoms with E-state index in [4.69, 9.17) is 16.4 Å². The van der Waals surface area contributed by atoms with Crippen LogP contribution in [0.5, 0.6) is 0 Å². The van der Waals surface area contributed by atoms with E-state index in [-0.39, 0.29) is 10.6 Å². The molecule has 31 heavy (non-hydrogen) atoms. The first-order chi connectivity index (χ1) is 15.1. The average molecular weight is 436 g/mol. The van der Waals surface area contributed by atoms with Gasteiger partial charge in [-0.2, -0.15) is 0 Å². The zero-order chi connectivity index (χ0) is 22.1. The molecule has 0 fully saturated rings. The van der Waals surface area contributed by atoms with Crippen molar-refractivity contribution in [2.24, 2.45) is 5.16 Å². The first-order valence-corrected chi connectivity index (χ1v) is 10.1. The van der Waals surface area contributed by atoms with Gasteiger partial charge >= 0.3 is 6.03 Å². The Hall–Kier alpha value is -3.64. The van der Waals surface area contributed by atoms with Gasteiger partial charge in [0.15, 0.2) is 0 Å². The molecule has 2 N–H and O–H groups in total. The standard InChI is InChI=1S/C24H22ClN3O3/c1-2-22(18-8-4-3-5-9-18)28-31-16-17-12-14-19(15-13-17)26-24(30)27-23(29)20-10-6-7-11-21(20)25/h3-15H,2,16H2,1H3,(H2,26,27,29,30)/b28-22-. The molecule has 7 heteroatoms. The zero-order valence-corrected chi connectivity index (χ0v) is 17.7. The lowest BCUT2D eigenvalue weighted by molar-refractivity contribution is 0.0967. The van der Waals surface area contributed by atoms with Gasteiger partial charge in [-0.15, -0.1) is 0 Å². The number of oxime groups is 1. The smallest absolute Gasteiger partial charge is 0.326 e. The summed E-state index contributed by atoms with van der Waals surface area (Å²) in [6.45, 7) is 2.32. The van der Waals surface area contributed by atoms with E-state index in [0.29, 0.717) is 12.3 Å². The molecule has 3 amide bonds. The fourth-order valence-electron chi connectivity index (χ4n) is 2.80. The zero-order valence-electron chi connectivity index (χ0n) is 17.0. The van der Waals surface area contributed by atoms with Gasteiger partial charge in [-0.3, -0.25) is 10.1 Å². The van der Waals surface area contributed by atoms with Crippen LogP contribution in [-0.4, -0.2) is 17.6 Å². The molecular formula is C24H22ClN3O3. The highest BCUT2D eigenvalue weighted by Crippen LogP contribution is 2.15. The predicted octanol–water partition coefficient (Wildman–Crippen LogP) is 5.63. The highest BCUT2D eigenvalue weighted by Gasteiger charge is 2.13. The maximum absolute atomic E-state index is 12.1. The molecule has 3 rings (SSSR count). The van der Waals surface area contributed by atoms with Crippen LogP contribution in [-0.2, 0) is 11.4 Å². The van der Waals surface area contributed by atoms with Crippen LogP contribution in [0.4, 0.5) is 10.5 Å². The molecule has 6 nitrogen and oxygen atoms in total. The molecule has 0 saturated carbocycles. The molecule has 0 saturated heterocycles. The van der Waals surface area contributed by atoms with Gasteiger partial charge in [-0.25, -0.2) is 4.79 Å². The summed E-state index contributed by atoms with van der Waals surface area (Å²) in [5.41, 5.74) is 3.57. The lowest BCUT2D eigenvalue weighted by Gasteiger charge is -2.09. The Balaban J connectivity index is 1.52. The van der Waals surface area contributed by atoms with Crippen molar-refractivity contribution in [2.45, 2.75) is 20.0 Å². The van der Waals surface area contributed by atoms with E-state index in [0.717, 1.165) is 23.3 Å². The number of anilines is 1. The second kappa shape index (κ2) is 10.9. The molecule has 3 aromatic rings. The van der Waals surface area contributed by atoms with Gasteiger partial charge in [0.1, 0.15) is 6.61 Å². The van der Waals surface area contributed by atoms with Crippen molar-refractivity contribution in [3.8, 4) is 0 Å². The van der Waals surface area contributed by atoms with Gasteiger partial charge in [-0.05, 0) is 41.8 Å². The van der Waals surface area contributed by atoms with Crippen LogP contribution < -0.4 is 10.6 Å². The Kier molecular flexibility index (Phi) is 7.79. The van der Waals surface area contributed by atoms with E-state index in [1.165, 1.54) is 0 Å². The highest BCUT2D eigenvalue weighted by atomic mass is 35.5. The number of imide groups is 1. The number of amides is 3. The Morgan fingerprint density at radius 1 is 0.935 bits per heavy atom. The largest absolute Gasteiger partial charge is 0.391 e. The normalized spacial score (nSPS) is 11.0. The van der Waals surface area contributed by atoms with Crippen molar-refractivity contribution in [3.63, 3.8) is 0 Å². The highest BCUT2D eigenvalue weighted by molar-refractivity contribution is 6.34. The number of urea groups is 1. The van der Waals surface area contributed by atoms with Gasteiger partial charge in [0, 0.05) is 5.69 Å². The summed E-state index contributed by atoms with van der Waals surface area (Å²) in [7, 11) is 0. The molecule has 0 radical (unpaired) electrons. The molecule has 158 valence electrons. The van der Waals surface area contributed by atoms with Crippen LogP contribution in [0.1, 0.15) is 34.8 Å². The third-order valence-corrected chi connectivity index (χ3v) is 4.73. The SMILES string of the molecule is CC/C(=N/OCc1ccc(NC(=O)NC(=O)c2ccccc2Cl)cc1)c1ccccc1. The van der Waals surface area contributed by atoms with Crippen molar-refractivity contribution >= 4 is 34.9 Å². The number of hydrogen-bond acceptors (Lipinski definition) is 4. The maximum Gasteiger partial charge on any atom is 0.326 e. The molecule has 0 atom stereocenters. The van der Waals surface area contributed by atoms with Crippen LogP contribution in [0, 0.1) is 0 Å². The molecule has 0 aliphatic heterocycles. The van der Waals surface area contributed by atoms with Gasteiger partial charge in [0.25, 0.3) is 5.91 Å². The number of nitrogens with one attached hydrogen (secondary N) is 2. The number of carbonyl (C=O) groups excluding carboxylic acids is 2. The summed E-state index contributed by atoms with van der Waals surface area (Å²) in [6, 6.07) is 22.8. The monoisotopic (exact) mass is 435 g/mol. The van der Waals surface area contributed by atoms with E-state index in [9.17, 15) is 9.59 Å². The van der Waals surface area contributed by atoms with E-state index in [2.05, 4.69) is 15.8 Å². The average Bonchev–Trinajstić information content (AvgIpc) is 2.78. The summed E-state index contributed by atoms with van der Waals surface area (Å²) >= 11 is 5.97. The summed E-state index contributed by atoms with van der Waals surface area (Å²) in [6.07, 6.45) is 0.759. The van der Waals surface area contributed by atoms with Crippen LogP contribution in [0.2, 0.25) is 5.02 Å². The molecule has 0 aromatic heterocycles. The van der Waals surface area contributed by atoms with E-state index < -0.39 is 11.9 Å². The van der Waals surface area contributed by atoms with E-state index in [1.54, 1.807) is 36.4 Å². The van der Waals surface area contributed by atoms with Crippen LogP contribution in [0.3, 0.4) is 0 Å². The van der Waals surface area contributed by atoms with Crippen molar-refractivity contribution in [1.29, 1.82) is 0 Å². The van der Waals surface area contributed by atoms with Crippen LogP contribution >= 0.6 is 11.6 Å². The fraction of sp³-hybridized carbons (Fsp3) is 0.125. The van der Waals surface area contributed by atoms with Gasteiger partial charge < -0.3 is 10.2 Å². The molecule has 0 heterocycles. The molecule has 0 aliphatic rings. The lowest BCUT2D eigenvalue weighted by Crippen LogP contribution is -2.34. The van der Waals surface area contributed by atoms with Crippen molar-refractivity contribution in [3.05, 3.63) is 101 Å². The van der Waals surface area contributed by atoms with E-state index >= 15 is 0 Å². The first kappa shape index (κ1) is 22.1. The number of carbonyl (C=O) groups is 2. The predicted molar refractivity (Wildman–Crippen MR) is 122 cm³/mol. The first-order valence-electron chi connectivity index (χ1n) is 9.77. The minimum Gasteiger partial charge on any atom is -0.391 e. The molecule has 0 aliphatic carbocycles. The lowest BCUT2D eigenvalue weighted by atomic mass is 10.1. The number of nitrogens with zero attached hydrogens (tertiary/aromatic N) is 1. The van der Waals surface area contributed by atoms with Crippen molar-refractivity contribution < 1.29 is 14.4 Å². The molecule has 0 unspecified atom stereocenters. The van der Waals surface area contributed by atoms with Crippen molar-refractivity contribution in [1.82, 2.24) is 5.32 Å². The van der Waals surface area contributed by atoms with Crippen LogP contribution in [0.25, 0.3) is 0 Å². The summed E-state index contributed by atoms with van der Waals surface area (Å²) < 4.78 is 0. The molecular weight excluding hydrogens is 414 g/mol. The third kappa shape index (κ3) is 6.42. The topological polar surface area (TPSA) is 79.8 Å². The summed E-state index contributed by atoms with van der Waals surface area (Å²) in [5, 5.41) is 9.38. The minimum atomic E-state index is -0.644. The van der Waals surface area contributed by atoms with Gasteiger partial charge in [-0.1, -0.05) is 78.3 Å². The second-order valence-electron chi connectivity index (χ2n) is 6.62. The molecule has 3 aromatic carbocycles. The quantitative estimate of drug-likeness (QED) is 0.372. The van der Waals surface area contributed by atoms with Crippen molar-refractivity contribution in [2.75, 3.05) is 5.32 Å². The molecule has 0 bridgehead atoms. The summed E-state index contributed by atoms with van der Waals surface area (Å²) in [5.74, 6) is -0.573. The second-order valence-corrected chi connectivity index (χ2v) is 7.02. The number of benzene rings is 3. The van der Waals surface area contributed by atoms with Gasteiger partial charge in [0.2, 0.25) is 0 Å². The molecule has 0 spiro atoms. The summed E-state index contributed by atoms with van der Waals surface area (Å²) in [4.78, 5) is 29.7.